The molecule has 0 saturated heterocycles. The molecule has 1 unspecified atom stereocenters. The highest BCUT2D eigenvalue weighted by Gasteiger charge is 2.31. The summed E-state index contributed by atoms with van der Waals surface area (Å²) in [5.74, 6) is -3.46. The summed E-state index contributed by atoms with van der Waals surface area (Å²) >= 11 is 0. The first-order valence-electron chi connectivity index (χ1n) is 6.48. The number of esters is 3. The molecule has 120 valence electrons. The van der Waals surface area contributed by atoms with Gasteiger partial charge in [-0.25, -0.2) is 4.79 Å². The quantitative estimate of drug-likeness (QED) is 0.250. The summed E-state index contributed by atoms with van der Waals surface area (Å²) in [6, 6.07) is 0. The molecule has 22 heavy (non-hydrogen) atoms. The second-order valence-electron chi connectivity index (χ2n) is 4.06. The van der Waals surface area contributed by atoms with E-state index < -0.39 is 23.8 Å². The molecule has 0 rings (SSSR count). The molecule has 0 fully saturated rings. The van der Waals surface area contributed by atoms with Crippen LogP contribution < -0.4 is 0 Å². The third kappa shape index (κ3) is 7.23. The van der Waals surface area contributed by atoms with Crippen molar-refractivity contribution >= 4 is 17.9 Å². The molecular weight excluding hydrogens is 288 g/mol. The fourth-order valence-corrected chi connectivity index (χ4v) is 1.34. The number of ether oxygens (including phenoxy) is 3. The van der Waals surface area contributed by atoms with E-state index in [1.165, 1.54) is 18.2 Å². The van der Waals surface area contributed by atoms with Crippen molar-refractivity contribution in [1.82, 2.24) is 0 Å². The van der Waals surface area contributed by atoms with Crippen molar-refractivity contribution in [3.05, 3.63) is 50.1 Å². The van der Waals surface area contributed by atoms with Gasteiger partial charge in [0, 0.05) is 5.57 Å². The van der Waals surface area contributed by atoms with Gasteiger partial charge in [-0.2, -0.15) is 0 Å². The van der Waals surface area contributed by atoms with Crippen molar-refractivity contribution in [2.45, 2.75) is 6.42 Å². The summed E-state index contributed by atoms with van der Waals surface area (Å²) in [6.45, 7) is 13.6. The first-order valence-corrected chi connectivity index (χ1v) is 6.48. The molecule has 0 aromatic carbocycles. The van der Waals surface area contributed by atoms with E-state index >= 15 is 0 Å². The lowest BCUT2D eigenvalue weighted by Gasteiger charge is -2.16. The predicted octanol–water partition coefficient (Wildman–Crippen LogP) is 1.74. The predicted molar refractivity (Wildman–Crippen MR) is 80.7 cm³/mol. The molecule has 6 heteroatoms. The van der Waals surface area contributed by atoms with E-state index in [0.29, 0.717) is 0 Å². The molecule has 0 N–H and O–H groups in total. The molecule has 0 spiro atoms. The number of rotatable bonds is 11. The lowest BCUT2D eigenvalue weighted by molar-refractivity contribution is -0.154. The minimum Gasteiger partial charge on any atom is -0.461 e. The molecule has 1 atom stereocenters. The Bertz CT molecular complexity index is 463. The number of hydrogen-bond donors (Lipinski definition) is 0. The third-order valence-corrected chi connectivity index (χ3v) is 2.38. The minimum absolute atomic E-state index is 0.000640. The summed E-state index contributed by atoms with van der Waals surface area (Å²) in [4.78, 5) is 35.3. The van der Waals surface area contributed by atoms with Crippen LogP contribution in [-0.4, -0.2) is 37.7 Å². The third-order valence-electron chi connectivity index (χ3n) is 2.38. The summed E-state index contributed by atoms with van der Waals surface area (Å²) in [7, 11) is 0. The molecule has 6 nitrogen and oxygen atoms in total. The van der Waals surface area contributed by atoms with Gasteiger partial charge in [0.2, 0.25) is 0 Å². The van der Waals surface area contributed by atoms with Crippen molar-refractivity contribution in [3.8, 4) is 0 Å². The first-order chi connectivity index (χ1) is 10.5. The van der Waals surface area contributed by atoms with Gasteiger partial charge in [0.05, 0.1) is 12.3 Å². The molecule has 0 aromatic rings. The number of carbonyl (C=O) groups is 3. The van der Waals surface area contributed by atoms with Gasteiger partial charge in [-0.15, -0.1) is 0 Å². The van der Waals surface area contributed by atoms with Crippen LogP contribution in [0.1, 0.15) is 6.42 Å². The van der Waals surface area contributed by atoms with Crippen LogP contribution in [0.2, 0.25) is 0 Å². The van der Waals surface area contributed by atoms with Crippen LogP contribution in [0.5, 0.6) is 0 Å². The smallest absolute Gasteiger partial charge is 0.334 e. The molecule has 0 aliphatic heterocycles. The number of carbonyl (C=O) groups excluding carboxylic acids is 3. The summed E-state index contributed by atoms with van der Waals surface area (Å²) in [5.41, 5.74) is -0.188. The monoisotopic (exact) mass is 308 g/mol. The lowest BCUT2D eigenvalue weighted by atomic mass is 9.97. The van der Waals surface area contributed by atoms with Crippen LogP contribution in [0, 0.1) is 5.92 Å². The molecule has 0 saturated carbocycles. The minimum atomic E-state index is -1.19. The normalized spacial score (nSPS) is 10.7. The molecule has 0 aliphatic rings. The summed E-state index contributed by atoms with van der Waals surface area (Å²) in [5, 5.41) is 0. The Kier molecular flexibility index (Phi) is 9.75. The van der Waals surface area contributed by atoms with Crippen LogP contribution in [-0.2, 0) is 28.6 Å². The van der Waals surface area contributed by atoms with E-state index in [9.17, 15) is 14.4 Å². The average molecular weight is 308 g/mol. The second-order valence-corrected chi connectivity index (χ2v) is 4.06. The van der Waals surface area contributed by atoms with E-state index in [2.05, 4.69) is 26.3 Å². The van der Waals surface area contributed by atoms with Crippen LogP contribution >= 0.6 is 0 Å². The Balaban J connectivity index is 4.93. The van der Waals surface area contributed by atoms with E-state index in [1.54, 1.807) is 0 Å². The highest BCUT2D eigenvalue weighted by atomic mass is 16.5. The number of hydrogen-bond acceptors (Lipinski definition) is 6. The first kappa shape index (κ1) is 19.4. The van der Waals surface area contributed by atoms with Gasteiger partial charge in [-0.1, -0.05) is 44.5 Å². The lowest BCUT2D eigenvalue weighted by Crippen LogP contribution is -2.27. The molecule has 0 heterocycles. The van der Waals surface area contributed by atoms with Gasteiger partial charge in [-0.3, -0.25) is 9.59 Å². The largest absolute Gasteiger partial charge is 0.461 e. The van der Waals surface area contributed by atoms with Gasteiger partial charge in [0.1, 0.15) is 19.8 Å². The second kappa shape index (κ2) is 11.1. The molecule has 0 radical (unpaired) electrons. The fourth-order valence-electron chi connectivity index (χ4n) is 1.34. The van der Waals surface area contributed by atoms with Crippen molar-refractivity contribution in [3.63, 3.8) is 0 Å². The Morgan fingerprint density at radius 3 is 1.91 bits per heavy atom. The van der Waals surface area contributed by atoms with Crippen molar-refractivity contribution in [2.24, 2.45) is 5.92 Å². The zero-order chi connectivity index (χ0) is 17.0. The van der Waals surface area contributed by atoms with Crippen LogP contribution in [0.25, 0.3) is 0 Å². The Morgan fingerprint density at radius 1 is 0.864 bits per heavy atom. The van der Waals surface area contributed by atoms with Gasteiger partial charge >= 0.3 is 17.9 Å². The average Bonchev–Trinajstić information content (AvgIpc) is 2.52. The maximum Gasteiger partial charge on any atom is 0.334 e. The van der Waals surface area contributed by atoms with Crippen molar-refractivity contribution in [1.29, 1.82) is 0 Å². The summed E-state index contributed by atoms with van der Waals surface area (Å²) < 4.78 is 14.5. The molecule has 0 aromatic heterocycles. The molecule has 0 amide bonds. The maximum atomic E-state index is 11.9. The maximum absolute atomic E-state index is 11.9. The Labute approximate surface area is 129 Å². The van der Waals surface area contributed by atoms with Gasteiger partial charge in [0.15, 0.2) is 0 Å². The van der Waals surface area contributed by atoms with Crippen LogP contribution in [0.4, 0.5) is 0 Å². The van der Waals surface area contributed by atoms with E-state index in [4.69, 9.17) is 14.2 Å². The van der Waals surface area contributed by atoms with Crippen LogP contribution in [0.3, 0.4) is 0 Å². The van der Waals surface area contributed by atoms with Gasteiger partial charge < -0.3 is 14.2 Å². The van der Waals surface area contributed by atoms with E-state index in [0.717, 1.165) is 0 Å². The van der Waals surface area contributed by atoms with E-state index in [1.807, 2.05) is 0 Å². The summed E-state index contributed by atoms with van der Waals surface area (Å²) in [6.07, 6.45) is 3.74. The highest BCUT2D eigenvalue weighted by Crippen LogP contribution is 2.18. The van der Waals surface area contributed by atoms with Crippen molar-refractivity contribution < 1.29 is 28.6 Å². The standard InChI is InChI=1S/C16H20O6/c1-5-8-20-14(17)11-13(16(19)22-10-7-3)12(4)15(18)21-9-6-2/h5-7,13H,1-4,8-11H2. The van der Waals surface area contributed by atoms with Crippen molar-refractivity contribution in [2.75, 3.05) is 19.8 Å². The fraction of sp³-hybridized carbons (Fsp3) is 0.312. The van der Waals surface area contributed by atoms with Gasteiger partial charge in [-0.05, 0) is 0 Å². The molecular formula is C16H20O6. The Hall–Kier alpha value is -2.63. The van der Waals surface area contributed by atoms with Crippen LogP contribution in [0.15, 0.2) is 50.1 Å². The Morgan fingerprint density at radius 2 is 1.36 bits per heavy atom. The SMILES string of the molecule is C=CCOC(=O)CC(C(=C)C(=O)OCC=C)C(=O)OCC=C. The molecule has 0 aliphatic carbocycles. The topological polar surface area (TPSA) is 78.9 Å². The van der Waals surface area contributed by atoms with E-state index in [-0.39, 0.29) is 31.8 Å². The highest BCUT2D eigenvalue weighted by molar-refractivity contribution is 5.96. The molecule has 0 bridgehead atoms. The zero-order valence-corrected chi connectivity index (χ0v) is 12.4. The van der Waals surface area contributed by atoms with Gasteiger partial charge in [0.25, 0.3) is 0 Å². The zero-order valence-electron chi connectivity index (χ0n) is 12.4.